The highest BCUT2D eigenvalue weighted by atomic mass is 16.5. The smallest absolute Gasteiger partial charge is 0.307 e. The molecule has 6 heteroatoms. The number of imide groups is 1. The van der Waals surface area contributed by atoms with Crippen molar-refractivity contribution in [2.45, 2.75) is 13.3 Å². The maximum atomic E-state index is 12.1. The van der Waals surface area contributed by atoms with Gasteiger partial charge in [0.2, 0.25) is 0 Å². The molecular weight excluding hydrogens is 262 g/mol. The lowest BCUT2D eigenvalue weighted by molar-refractivity contribution is -0.143. The third kappa shape index (κ3) is 2.45. The standard InChI is InChI=1S/C14H13NO5/c1-2-20-12(17)5-6-15-13(18)10-4-3-9(8-16)7-11(10)14(15)19/h3-4,7-8H,2,5-6H2,1H3. The van der Waals surface area contributed by atoms with Gasteiger partial charge in [-0.05, 0) is 19.1 Å². The molecule has 0 fully saturated rings. The molecule has 6 nitrogen and oxygen atoms in total. The second-order valence-electron chi connectivity index (χ2n) is 4.24. The van der Waals surface area contributed by atoms with Crippen LogP contribution in [0.1, 0.15) is 44.4 Å². The van der Waals surface area contributed by atoms with Crippen molar-refractivity contribution in [2.75, 3.05) is 13.2 Å². The second-order valence-corrected chi connectivity index (χ2v) is 4.24. The summed E-state index contributed by atoms with van der Waals surface area (Å²) in [6.07, 6.45) is 0.569. The molecule has 1 aliphatic heterocycles. The fourth-order valence-corrected chi connectivity index (χ4v) is 2.02. The molecule has 0 saturated carbocycles. The number of esters is 1. The fourth-order valence-electron chi connectivity index (χ4n) is 2.02. The zero-order chi connectivity index (χ0) is 14.7. The van der Waals surface area contributed by atoms with Crippen LogP contribution >= 0.6 is 0 Å². The van der Waals surface area contributed by atoms with Crippen LogP contribution in [0.25, 0.3) is 0 Å². The molecule has 0 aromatic heterocycles. The normalized spacial score (nSPS) is 13.3. The number of rotatable bonds is 5. The SMILES string of the molecule is CCOC(=O)CCN1C(=O)c2ccc(C=O)cc2C1=O. The number of amides is 2. The van der Waals surface area contributed by atoms with Crippen molar-refractivity contribution < 1.29 is 23.9 Å². The number of carbonyl (C=O) groups is 4. The molecule has 1 heterocycles. The van der Waals surface area contributed by atoms with Crippen molar-refractivity contribution in [2.24, 2.45) is 0 Å². The van der Waals surface area contributed by atoms with Gasteiger partial charge in [0.05, 0.1) is 24.2 Å². The van der Waals surface area contributed by atoms with E-state index in [0.717, 1.165) is 4.90 Å². The van der Waals surface area contributed by atoms with Gasteiger partial charge in [-0.2, -0.15) is 0 Å². The largest absolute Gasteiger partial charge is 0.466 e. The van der Waals surface area contributed by atoms with Crippen molar-refractivity contribution in [1.82, 2.24) is 4.90 Å². The van der Waals surface area contributed by atoms with Gasteiger partial charge in [0.15, 0.2) is 0 Å². The number of hydrogen-bond donors (Lipinski definition) is 0. The Morgan fingerprint density at radius 2 is 1.95 bits per heavy atom. The second kappa shape index (κ2) is 5.64. The maximum absolute atomic E-state index is 12.1. The molecule has 2 rings (SSSR count). The van der Waals surface area contributed by atoms with Crippen LogP contribution in [0.15, 0.2) is 18.2 Å². The summed E-state index contributed by atoms with van der Waals surface area (Å²) in [6, 6.07) is 4.31. The number of hydrogen-bond acceptors (Lipinski definition) is 5. The Morgan fingerprint density at radius 3 is 2.60 bits per heavy atom. The molecule has 1 aromatic rings. The molecule has 0 aliphatic carbocycles. The van der Waals surface area contributed by atoms with E-state index in [4.69, 9.17) is 4.74 Å². The predicted octanol–water partition coefficient (Wildman–Crippen LogP) is 1.05. The molecule has 0 bridgehead atoms. The summed E-state index contributed by atoms with van der Waals surface area (Å²) in [5.74, 6) is -1.40. The minimum atomic E-state index is -0.488. The molecule has 104 valence electrons. The van der Waals surface area contributed by atoms with Gasteiger partial charge in [-0.15, -0.1) is 0 Å². The number of ether oxygens (including phenoxy) is 1. The number of fused-ring (bicyclic) bond motifs is 1. The lowest BCUT2D eigenvalue weighted by atomic mass is 10.1. The quantitative estimate of drug-likeness (QED) is 0.456. The lowest BCUT2D eigenvalue weighted by Crippen LogP contribution is -2.32. The number of carbonyl (C=O) groups excluding carboxylic acids is 4. The van der Waals surface area contributed by atoms with E-state index in [1.54, 1.807) is 6.92 Å². The van der Waals surface area contributed by atoms with Crippen molar-refractivity contribution in [1.29, 1.82) is 0 Å². The average Bonchev–Trinajstić information content (AvgIpc) is 2.69. The zero-order valence-corrected chi connectivity index (χ0v) is 10.9. The molecule has 0 atom stereocenters. The van der Waals surface area contributed by atoms with E-state index in [1.165, 1.54) is 18.2 Å². The minimum Gasteiger partial charge on any atom is -0.466 e. The average molecular weight is 275 g/mol. The molecule has 1 aromatic carbocycles. The van der Waals surface area contributed by atoms with E-state index >= 15 is 0 Å². The number of benzene rings is 1. The highest BCUT2D eigenvalue weighted by Crippen LogP contribution is 2.23. The van der Waals surface area contributed by atoms with Crippen molar-refractivity contribution >= 4 is 24.1 Å². The highest BCUT2D eigenvalue weighted by Gasteiger charge is 2.35. The predicted molar refractivity (Wildman–Crippen MR) is 68.4 cm³/mol. The molecular formula is C14H13NO5. The van der Waals surface area contributed by atoms with Gasteiger partial charge in [-0.1, -0.05) is 6.07 Å². The van der Waals surface area contributed by atoms with E-state index in [9.17, 15) is 19.2 Å². The molecule has 1 aliphatic rings. The summed E-state index contributed by atoms with van der Waals surface area (Å²) in [4.78, 5) is 47.1. The van der Waals surface area contributed by atoms with Gasteiger partial charge in [0.25, 0.3) is 11.8 Å². The Balaban J connectivity index is 2.15. The molecule has 0 radical (unpaired) electrons. The maximum Gasteiger partial charge on any atom is 0.307 e. The first kappa shape index (κ1) is 13.9. The molecule has 0 saturated heterocycles. The van der Waals surface area contributed by atoms with E-state index < -0.39 is 17.8 Å². The summed E-state index contributed by atoms with van der Waals surface area (Å²) in [5.41, 5.74) is 0.782. The van der Waals surface area contributed by atoms with E-state index in [0.29, 0.717) is 11.8 Å². The minimum absolute atomic E-state index is 0.0262. The van der Waals surface area contributed by atoms with E-state index in [2.05, 4.69) is 0 Å². The van der Waals surface area contributed by atoms with E-state index in [1.807, 2.05) is 0 Å². The zero-order valence-electron chi connectivity index (χ0n) is 10.9. The van der Waals surface area contributed by atoms with Crippen LogP contribution in [0.3, 0.4) is 0 Å². The summed E-state index contributed by atoms with van der Waals surface area (Å²) < 4.78 is 4.75. The van der Waals surface area contributed by atoms with Crippen molar-refractivity contribution in [3.63, 3.8) is 0 Å². The third-order valence-electron chi connectivity index (χ3n) is 2.98. The van der Waals surface area contributed by atoms with Crippen molar-refractivity contribution in [3.8, 4) is 0 Å². The Bertz CT molecular complexity index is 593. The first-order valence-electron chi connectivity index (χ1n) is 6.19. The molecule has 2 amide bonds. The topological polar surface area (TPSA) is 80.8 Å². The molecule has 0 spiro atoms. The van der Waals surface area contributed by atoms with Gasteiger partial charge < -0.3 is 4.74 Å². The Labute approximate surface area is 115 Å². The summed E-state index contributed by atoms with van der Waals surface area (Å²) in [7, 11) is 0. The summed E-state index contributed by atoms with van der Waals surface area (Å²) in [6.45, 7) is 1.91. The first-order chi connectivity index (χ1) is 9.58. The van der Waals surface area contributed by atoms with Gasteiger partial charge in [0, 0.05) is 12.1 Å². The van der Waals surface area contributed by atoms with Crippen LogP contribution in [0.4, 0.5) is 0 Å². The van der Waals surface area contributed by atoms with Crippen LogP contribution < -0.4 is 0 Å². The first-order valence-corrected chi connectivity index (χ1v) is 6.19. The van der Waals surface area contributed by atoms with Gasteiger partial charge in [-0.3, -0.25) is 24.1 Å². The molecule has 0 N–H and O–H groups in total. The van der Waals surface area contributed by atoms with E-state index in [-0.39, 0.29) is 30.7 Å². The number of nitrogens with zero attached hydrogens (tertiary/aromatic N) is 1. The van der Waals surface area contributed by atoms with Crippen LogP contribution in [0.2, 0.25) is 0 Å². The third-order valence-corrected chi connectivity index (χ3v) is 2.98. The summed E-state index contributed by atoms with van der Waals surface area (Å²) >= 11 is 0. The summed E-state index contributed by atoms with van der Waals surface area (Å²) in [5, 5.41) is 0. The number of aldehydes is 1. The Kier molecular flexibility index (Phi) is 3.93. The van der Waals surface area contributed by atoms with Crippen LogP contribution in [0.5, 0.6) is 0 Å². The molecule has 20 heavy (non-hydrogen) atoms. The monoisotopic (exact) mass is 275 g/mol. The van der Waals surface area contributed by atoms with Gasteiger partial charge in [0.1, 0.15) is 6.29 Å². The van der Waals surface area contributed by atoms with Crippen LogP contribution in [-0.4, -0.2) is 42.1 Å². The fraction of sp³-hybridized carbons (Fsp3) is 0.286. The molecule has 0 unspecified atom stereocenters. The Hall–Kier alpha value is -2.50. The van der Waals surface area contributed by atoms with Gasteiger partial charge in [-0.25, -0.2) is 0 Å². The van der Waals surface area contributed by atoms with Crippen LogP contribution in [-0.2, 0) is 9.53 Å². The van der Waals surface area contributed by atoms with Gasteiger partial charge >= 0.3 is 5.97 Å². The lowest BCUT2D eigenvalue weighted by Gasteiger charge is -2.12. The highest BCUT2D eigenvalue weighted by molar-refractivity contribution is 6.21. The Morgan fingerprint density at radius 1 is 1.25 bits per heavy atom. The van der Waals surface area contributed by atoms with Crippen molar-refractivity contribution in [3.05, 3.63) is 34.9 Å². The van der Waals surface area contributed by atoms with Crippen LogP contribution in [0, 0.1) is 0 Å².